The molecule has 0 aromatic heterocycles. The van der Waals surface area contributed by atoms with Crippen LogP contribution in [0.4, 0.5) is 4.79 Å². The van der Waals surface area contributed by atoms with Crippen LogP contribution in [-0.2, 0) is 4.79 Å². The van der Waals surface area contributed by atoms with Crippen LogP contribution in [0.1, 0.15) is 32.1 Å². The summed E-state index contributed by atoms with van der Waals surface area (Å²) in [5, 5.41) is 5.46. The molecule has 2 N–H and O–H groups in total. The molecule has 16 heavy (non-hydrogen) atoms. The van der Waals surface area contributed by atoms with E-state index < -0.39 is 0 Å². The highest BCUT2D eigenvalue weighted by Gasteiger charge is 2.15. The Bertz CT molecular complexity index is 248. The van der Waals surface area contributed by atoms with Crippen molar-refractivity contribution in [3.63, 3.8) is 0 Å². The minimum atomic E-state index is -0.234. The molecule has 0 atom stereocenters. The topological polar surface area (TPSA) is 61.4 Å². The highest BCUT2D eigenvalue weighted by atomic mass is 16.2. The number of likely N-dealkylation sites (N-methyl/N-ethyl adjacent to an activating group) is 1. The molecule has 0 unspecified atom stereocenters. The summed E-state index contributed by atoms with van der Waals surface area (Å²) in [4.78, 5) is 24.1. The summed E-state index contributed by atoms with van der Waals surface area (Å²) in [6.07, 6.45) is 5.73. The SMILES string of the molecule is CN(C)C(=O)CNC(=O)NC1CCCCC1. The fourth-order valence-corrected chi connectivity index (χ4v) is 1.80. The number of hydrogen-bond donors (Lipinski definition) is 2. The van der Waals surface area contributed by atoms with Crippen LogP contribution in [0.5, 0.6) is 0 Å². The second-order valence-electron chi connectivity index (χ2n) is 4.45. The van der Waals surface area contributed by atoms with Crippen LogP contribution >= 0.6 is 0 Å². The molecule has 1 fully saturated rings. The molecule has 0 heterocycles. The van der Waals surface area contributed by atoms with Gasteiger partial charge in [0, 0.05) is 20.1 Å². The molecule has 0 spiro atoms. The fourth-order valence-electron chi connectivity index (χ4n) is 1.80. The van der Waals surface area contributed by atoms with E-state index in [0.717, 1.165) is 12.8 Å². The minimum Gasteiger partial charge on any atom is -0.347 e. The quantitative estimate of drug-likeness (QED) is 0.746. The molecule has 0 radical (unpaired) electrons. The van der Waals surface area contributed by atoms with E-state index in [9.17, 15) is 9.59 Å². The number of rotatable bonds is 3. The number of nitrogens with zero attached hydrogens (tertiary/aromatic N) is 1. The maximum atomic E-state index is 11.4. The Hall–Kier alpha value is -1.26. The van der Waals surface area contributed by atoms with Crippen molar-refractivity contribution in [1.29, 1.82) is 0 Å². The van der Waals surface area contributed by atoms with Gasteiger partial charge < -0.3 is 15.5 Å². The molecule has 3 amide bonds. The normalized spacial score (nSPS) is 16.6. The third-order valence-corrected chi connectivity index (χ3v) is 2.84. The molecule has 0 aromatic rings. The number of hydrogen-bond acceptors (Lipinski definition) is 2. The van der Waals surface area contributed by atoms with E-state index in [2.05, 4.69) is 10.6 Å². The van der Waals surface area contributed by atoms with Gasteiger partial charge in [0.05, 0.1) is 6.54 Å². The van der Waals surface area contributed by atoms with Crippen molar-refractivity contribution in [3.05, 3.63) is 0 Å². The van der Waals surface area contributed by atoms with Crippen molar-refractivity contribution in [2.45, 2.75) is 38.1 Å². The molecule has 0 aromatic carbocycles. The highest BCUT2D eigenvalue weighted by molar-refractivity contribution is 5.83. The number of carbonyl (C=O) groups is 2. The minimum absolute atomic E-state index is 0.0611. The average Bonchev–Trinajstić information content (AvgIpc) is 2.27. The lowest BCUT2D eigenvalue weighted by Gasteiger charge is -2.23. The molecule has 5 heteroatoms. The van der Waals surface area contributed by atoms with Crippen LogP contribution in [0.3, 0.4) is 0 Å². The lowest BCUT2D eigenvalue weighted by molar-refractivity contribution is -0.127. The zero-order valence-corrected chi connectivity index (χ0v) is 10.1. The lowest BCUT2D eigenvalue weighted by Crippen LogP contribution is -2.46. The molecule has 1 aliphatic carbocycles. The van der Waals surface area contributed by atoms with Crippen molar-refractivity contribution in [3.8, 4) is 0 Å². The molecule has 0 aliphatic heterocycles. The van der Waals surface area contributed by atoms with Gasteiger partial charge in [0.1, 0.15) is 0 Å². The first kappa shape index (κ1) is 12.8. The maximum Gasteiger partial charge on any atom is 0.315 e. The Morgan fingerprint density at radius 3 is 2.38 bits per heavy atom. The van der Waals surface area contributed by atoms with Gasteiger partial charge in [0.15, 0.2) is 0 Å². The third-order valence-electron chi connectivity index (χ3n) is 2.84. The zero-order chi connectivity index (χ0) is 12.0. The Labute approximate surface area is 96.6 Å². The Morgan fingerprint density at radius 2 is 1.81 bits per heavy atom. The molecular formula is C11H21N3O2. The number of nitrogens with one attached hydrogen (secondary N) is 2. The number of carbonyl (C=O) groups excluding carboxylic acids is 2. The molecule has 0 saturated heterocycles. The van der Waals surface area contributed by atoms with E-state index in [0.29, 0.717) is 0 Å². The molecule has 1 rings (SSSR count). The molecule has 1 saturated carbocycles. The van der Waals surface area contributed by atoms with Crippen LogP contribution in [0.15, 0.2) is 0 Å². The maximum absolute atomic E-state index is 11.4. The lowest BCUT2D eigenvalue weighted by atomic mass is 9.96. The standard InChI is InChI=1S/C11H21N3O2/c1-14(2)10(15)8-12-11(16)13-9-6-4-3-5-7-9/h9H,3-8H2,1-2H3,(H2,12,13,16). The summed E-state index contributed by atoms with van der Waals surface area (Å²) in [7, 11) is 3.34. The zero-order valence-electron chi connectivity index (χ0n) is 10.1. The Morgan fingerprint density at radius 1 is 1.19 bits per heavy atom. The molecule has 92 valence electrons. The van der Waals surface area contributed by atoms with E-state index in [1.165, 1.54) is 24.2 Å². The van der Waals surface area contributed by atoms with E-state index in [-0.39, 0.29) is 24.5 Å². The first-order chi connectivity index (χ1) is 7.59. The molecular weight excluding hydrogens is 206 g/mol. The van der Waals surface area contributed by atoms with Crippen LogP contribution in [0.2, 0.25) is 0 Å². The van der Waals surface area contributed by atoms with Gasteiger partial charge in [-0.3, -0.25) is 4.79 Å². The summed E-state index contributed by atoms with van der Waals surface area (Å²) < 4.78 is 0. The fraction of sp³-hybridized carbons (Fsp3) is 0.818. The van der Waals surface area contributed by atoms with Crippen molar-refractivity contribution in [2.75, 3.05) is 20.6 Å². The summed E-state index contributed by atoms with van der Waals surface area (Å²) in [6.45, 7) is 0.0611. The van der Waals surface area contributed by atoms with Crippen molar-refractivity contribution in [1.82, 2.24) is 15.5 Å². The third kappa shape index (κ3) is 4.51. The highest BCUT2D eigenvalue weighted by Crippen LogP contribution is 2.16. The molecule has 5 nitrogen and oxygen atoms in total. The largest absolute Gasteiger partial charge is 0.347 e. The first-order valence-electron chi connectivity index (χ1n) is 5.84. The van der Waals surface area contributed by atoms with Crippen molar-refractivity contribution < 1.29 is 9.59 Å². The smallest absolute Gasteiger partial charge is 0.315 e. The Kier molecular flexibility index (Phi) is 5.08. The summed E-state index contributed by atoms with van der Waals surface area (Å²) >= 11 is 0. The molecule has 1 aliphatic rings. The second kappa shape index (κ2) is 6.35. The van der Waals surface area contributed by atoms with Gasteiger partial charge >= 0.3 is 6.03 Å². The van der Waals surface area contributed by atoms with Gasteiger partial charge in [-0.2, -0.15) is 0 Å². The monoisotopic (exact) mass is 227 g/mol. The van der Waals surface area contributed by atoms with E-state index in [4.69, 9.17) is 0 Å². The van der Waals surface area contributed by atoms with E-state index in [1.54, 1.807) is 14.1 Å². The number of amides is 3. The van der Waals surface area contributed by atoms with E-state index in [1.807, 2.05) is 0 Å². The van der Waals surface area contributed by atoms with Gasteiger partial charge in [0.25, 0.3) is 0 Å². The van der Waals surface area contributed by atoms with Crippen molar-refractivity contribution >= 4 is 11.9 Å². The summed E-state index contributed by atoms with van der Waals surface area (Å²) in [5.74, 6) is -0.0983. The second-order valence-corrected chi connectivity index (χ2v) is 4.45. The van der Waals surface area contributed by atoms with Gasteiger partial charge in [-0.1, -0.05) is 19.3 Å². The number of urea groups is 1. The average molecular weight is 227 g/mol. The molecule has 0 bridgehead atoms. The van der Waals surface area contributed by atoms with Gasteiger partial charge in [-0.25, -0.2) is 4.79 Å². The van der Waals surface area contributed by atoms with Crippen LogP contribution in [0, 0.1) is 0 Å². The van der Waals surface area contributed by atoms with Gasteiger partial charge in [-0.15, -0.1) is 0 Å². The van der Waals surface area contributed by atoms with Gasteiger partial charge in [-0.05, 0) is 12.8 Å². The van der Waals surface area contributed by atoms with Gasteiger partial charge in [0.2, 0.25) is 5.91 Å². The summed E-state index contributed by atoms with van der Waals surface area (Å²) in [5.41, 5.74) is 0. The summed E-state index contributed by atoms with van der Waals surface area (Å²) in [6, 6.07) is 0.0466. The van der Waals surface area contributed by atoms with Crippen LogP contribution in [0.25, 0.3) is 0 Å². The predicted octanol–water partition coefficient (Wildman–Crippen LogP) is 0.706. The first-order valence-corrected chi connectivity index (χ1v) is 5.84. The van der Waals surface area contributed by atoms with Crippen LogP contribution in [-0.4, -0.2) is 43.5 Å². The predicted molar refractivity (Wildman–Crippen MR) is 62.1 cm³/mol. The van der Waals surface area contributed by atoms with Crippen LogP contribution < -0.4 is 10.6 Å². The van der Waals surface area contributed by atoms with Crippen molar-refractivity contribution in [2.24, 2.45) is 0 Å². The Balaban J connectivity index is 2.17. The van der Waals surface area contributed by atoms with E-state index >= 15 is 0 Å².